The van der Waals surface area contributed by atoms with Gasteiger partial charge >= 0.3 is 5.97 Å². The van der Waals surface area contributed by atoms with Crippen LogP contribution < -0.4 is 10.5 Å². The molecule has 1 aromatic heterocycles. The lowest BCUT2D eigenvalue weighted by atomic mass is 9.96. The number of furan rings is 1. The summed E-state index contributed by atoms with van der Waals surface area (Å²) in [6.45, 7) is 3.69. The van der Waals surface area contributed by atoms with Crippen molar-refractivity contribution < 1.29 is 23.8 Å². The number of aliphatic carboxylic acids is 1. The molecule has 0 saturated heterocycles. The molecule has 2 aromatic carbocycles. The van der Waals surface area contributed by atoms with Crippen LogP contribution >= 0.6 is 45.2 Å². The number of hydrogen-bond acceptors (Lipinski definition) is 5. The Morgan fingerprint density at radius 1 is 1.17 bits per heavy atom. The van der Waals surface area contributed by atoms with E-state index in [4.69, 9.17) is 20.0 Å². The fraction of sp³-hybridized carbons (Fsp3) is 0.238. The summed E-state index contributed by atoms with van der Waals surface area (Å²) in [5, 5.41) is 9.54. The van der Waals surface area contributed by atoms with Crippen molar-refractivity contribution in [3.05, 3.63) is 54.4 Å². The van der Waals surface area contributed by atoms with Crippen LogP contribution in [-0.2, 0) is 11.2 Å². The molecule has 0 atom stereocenters. The van der Waals surface area contributed by atoms with Crippen LogP contribution in [0.25, 0.3) is 11.0 Å². The Bertz CT molecular complexity index is 1080. The highest BCUT2D eigenvalue weighted by Crippen LogP contribution is 2.34. The summed E-state index contributed by atoms with van der Waals surface area (Å²) in [5.74, 6) is 0.186. The van der Waals surface area contributed by atoms with E-state index in [2.05, 4.69) is 13.8 Å². The van der Waals surface area contributed by atoms with Gasteiger partial charge in [-0.25, -0.2) is 4.79 Å². The van der Waals surface area contributed by atoms with Gasteiger partial charge in [0.05, 0.1) is 12.7 Å². The van der Waals surface area contributed by atoms with Gasteiger partial charge < -0.3 is 20.0 Å². The quantitative estimate of drug-likeness (QED) is 0.217. The summed E-state index contributed by atoms with van der Waals surface area (Å²) in [6.07, 6.45) is 0.629. The molecule has 6 nitrogen and oxygen atoms in total. The van der Waals surface area contributed by atoms with E-state index in [0.29, 0.717) is 58.8 Å². The van der Waals surface area contributed by atoms with Crippen LogP contribution in [0, 0.1) is 13.1 Å². The second-order valence-electron chi connectivity index (χ2n) is 7.03. The topological polar surface area (TPSA) is 103 Å². The van der Waals surface area contributed by atoms with Gasteiger partial charge in [0.15, 0.2) is 12.4 Å². The van der Waals surface area contributed by atoms with Gasteiger partial charge in [-0.15, -0.1) is 0 Å². The third-order valence-electron chi connectivity index (χ3n) is 4.21. The Hall–Kier alpha value is -1.82. The van der Waals surface area contributed by atoms with Crippen LogP contribution in [0.4, 0.5) is 5.69 Å². The number of ether oxygens (including phenoxy) is 1. The third-order valence-corrected chi connectivity index (χ3v) is 5.81. The van der Waals surface area contributed by atoms with Gasteiger partial charge in [-0.1, -0.05) is 13.8 Å². The Balaban J connectivity index is 2.09. The number of fused-ring (bicyclic) bond motifs is 1. The molecule has 0 aliphatic heterocycles. The second kappa shape index (κ2) is 8.90. The average molecular weight is 619 g/mol. The van der Waals surface area contributed by atoms with Gasteiger partial charge in [-0.3, -0.25) is 4.79 Å². The molecule has 0 spiro atoms. The zero-order chi connectivity index (χ0) is 21.3. The van der Waals surface area contributed by atoms with Crippen LogP contribution in [-0.4, -0.2) is 23.5 Å². The molecule has 152 valence electrons. The zero-order valence-electron chi connectivity index (χ0n) is 15.8. The molecule has 0 amide bonds. The first-order chi connectivity index (χ1) is 13.7. The van der Waals surface area contributed by atoms with Gasteiger partial charge in [-0.2, -0.15) is 0 Å². The third kappa shape index (κ3) is 4.85. The maximum atomic E-state index is 13.5. The molecule has 0 aliphatic rings. The van der Waals surface area contributed by atoms with Crippen LogP contribution in [0.3, 0.4) is 0 Å². The van der Waals surface area contributed by atoms with Gasteiger partial charge in [0.25, 0.3) is 0 Å². The maximum Gasteiger partial charge on any atom is 0.341 e. The largest absolute Gasteiger partial charge is 0.480 e. The lowest BCUT2D eigenvalue weighted by molar-refractivity contribution is -0.139. The fourth-order valence-corrected chi connectivity index (χ4v) is 5.12. The molecule has 29 heavy (non-hydrogen) atoms. The van der Waals surface area contributed by atoms with E-state index in [-0.39, 0.29) is 5.78 Å². The minimum absolute atomic E-state index is 0.161. The van der Waals surface area contributed by atoms with E-state index < -0.39 is 12.6 Å². The number of carbonyl (C=O) groups is 2. The Kier molecular flexibility index (Phi) is 6.72. The lowest BCUT2D eigenvalue weighted by Crippen LogP contribution is -2.12. The van der Waals surface area contributed by atoms with E-state index in [1.807, 2.05) is 45.2 Å². The number of hydrogen-bond donors (Lipinski definition) is 2. The van der Waals surface area contributed by atoms with Crippen molar-refractivity contribution in [2.45, 2.75) is 20.3 Å². The number of carboxylic acid groups (broad SMARTS) is 1. The van der Waals surface area contributed by atoms with Gasteiger partial charge in [0, 0.05) is 23.1 Å². The minimum atomic E-state index is -1.06. The number of ketones is 1. The van der Waals surface area contributed by atoms with Gasteiger partial charge in [0.1, 0.15) is 17.1 Å². The van der Waals surface area contributed by atoms with E-state index >= 15 is 0 Å². The molecular weight excluding hydrogens is 600 g/mol. The number of carbonyl (C=O) groups excluding carboxylic acids is 1. The second-order valence-corrected chi connectivity index (χ2v) is 9.36. The molecule has 3 N–H and O–H groups in total. The van der Waals surface area contributed by atoms with Gasteiger partial charge in [0.2, 0.25) is 0 Å². The van der Waals surface area contributed by atoms with Crippen LogP contribution in [0.2, 0.25) is 0 Å². The van der Waals surface area contributed by atoms with Crippen molar-refractivity contribution in [3.63, 3.8) is 0 Å². The summed E-state index contributed by atoms with van der Waals surface area (Å²) in [6, 6.07) is 8.69. The Labute approximate surface area is 195 Å². The van der Waals surface area contributed by atoms with Crippen molar-refractivity contribution >= 4 is 73.6 Å². The minimum Gasteiger partial charge on any atom is -0.480 e. The van der Waals surface area contributed by atoms with Crippen molar-refractivity contribution in [1.82, 2.24) is 0 Å². The summed E-state index contributed by atoms with van der Waals surface area (Å²) in [4.78, 5) is 24.3. The van der Waals surface area contributed by atoms with Crippen LogP contribution in [0.5, 0.6) is 5.75 Å². The summed E-state index contributed by atoms with van der Waals surface area (Å²) < 4.78 is 12.7. The van der Waals surface area contributed by atoms with Crippen LogP contribution in [0.1, 0.15) is 35.5 Å². The van der Waals surface area contributed by atoms with Crippen molar-refractivity contribution in [2.75, 3.05) is 12.3 Å². The number of carboxylic acids is 1. The molecule has 0 bridgehead atoms. The van der Waals surface area contributed by atoms with Crippen molar-refractivity contribution in [2.24, 2.45) is 5.92 Å². The molecule has 0 unspecified atom stereocenters. The van der Waals surface area contributed by atoms with E-state index in [1.54, 1.807) is 30.3 Å². The first-order valence-electron chi connectivity index (χ1n) is 8.86. The summed E-state index contributed by atoms with van der Waals surface area (Å²) >= 11 is 4.09. The smallest absolute Gasteiger partial charge is 0.341 e. The highest BCUT2D eigenvalue weighted by molar-refractivity contribution is 14.1. The zero-order valence-corrected chi connectivity index (χ0v) is 20.1. The standard InChI is InChI=1S/C21H19I2NO5/c1-10(2)5-17-19(13-8-12(24)3-4-16(13)29-17)20(27)11-6-14(22)21(15(23)7-11)28-9-18(25)26/h3-4,6-8,10H,5,9,24H2,1-2H3,(H,25,26). The van der Waals surface area contributed by atoms with Gasteiger partial charge in [-0.05, 0) is 81.4 Å². The molecule has 3 aromatic rings. The maximum absolute atomic E-state index is 13.5. The highest BCUT2D eigenvalue weighted by atomic mass is 127. The predicted octanol–water partition coefficient (Wildman–Crippen LogP) is 5.12. The molecule has 1 heterocycles. The SMILES string of the molecule is CC(C)Cc1oc2ccc(N)cc2c1C(=O)c1cc(I)c(OCC(=O)O)c(I)c1. The molecule has 0 aliphatic carbocycles. The number of benzene rings is 2. The van der Waals surface area contributed by atoms with E-state index in [9.17, 15) is 9.59 Å². The summed E-state index contributed by atoms with van der Waals surface area (Å²) in [7, 11) is 0. The lowest BCUT2D eigenvalue weighted by Gasteiger charge is -2.11. The first-order valence-corrected chi connectivity index (χ1v) is 11.0. The monoisotopic (exact) mass is 619 g/mol. The Morgan fingerprint density at radius 3 is 2.41 bits per heavy atom. The number of nitrogen functional groups attached to an aromatic ring is 1. The number of anilines is 1. The molecule has 8 heteroatoms. The number of nitrogens with two attached hydrogens (primary N) is 1. The van der Waals surface area contributed by atoms with Crippen LogP contribution in [0.15, 0.2) is 34.7 Å². The molecule has 0 saturated carbocycles. The van der Waals surface area contributed by atoms with Crippen molar-refractivity contribution in [1.29, 1.82) is 0 Å². The highest BCUT2D eigenvalue weighted by Gasteiger charge is 2.24. The van der Waals surface area contributed by atoms with Crippen molar-refractivity contribution in [3.8, 4) is 5.75 Å². The predicted molar refractivity (Wildman–Crippen MR) is 128 cm³/mol. The molecular formula is C21H19I2NO5. The average Bonchev–Trinajstić information content (AvgIpc) is 2.96. The molecule has 0 radical (unpaired) electrons. The molecule has 3 rings (SSSR count). The summed E-state index contributed by atoms with van der Waals surface area (Å²) in [5.41, 5.74) is 8.14. The number of rotatable bonds is 7. The normalized spacial score (nSPS) is 11.2. The number of halogens is 2. The van der Waals surface area contributed by atoms with E-state index in [0.717, 1.165) is 0 Å². The fourth-order valence-electron chi connectivity index (χ4n) is 3.04. The Morgan fingerprint density at radius 2 is 1.83 bits per heavy atom. The molecule has 0 fully saturated rings. The van der Waals surface area contributed by atoms with E-state index in [1.165, 1.54) is 0 Å². The first kappa shape index (κ1) is 21.9.